The van der Waals surface area contributed by atoms with Crippen LogP contribution >= 0.6 is 0 Å². The quantitative estimate of drug-likeness (QED) is 0.755. The zero-order valence-electron chi connectivity index (χ0n) is 9.24. The molecule has 1 aliphatic heterocycles. The number of rotatable bonds is 5. The van der Waals surface area contributed by atoms with Gasteiger partial charge in [-0.15, -0.1) is 0 Å². The highest BCUT2D eigenvalue weighted by Crippen LogP contribution is 2.18. The first-order valence-electron chi connectivity index (χ1n) is 5.66. The molecule has 0 spiro atoms. The van der Waals surface area contributed by atoms with Crippen LogP contribution in [0.25, 0.3) is 0 Å². The number of likely N-dealkylation sites (tertiary alicyclic amines) is 1. The van der Waals surface area contributed by atoms with Crippen LogP contribution in [0.5, 0.6) is 0 Å². The minimum absolute atomic E-state index is 0.0829. The average molecular weight is 213 g/mol. The first-order valence-corrected chi connectivity index (χ1v) is 5.66. The molecule has 0 aromatic carbocycles. The van der Waals surface area contributed by atoms with Gasteiger partial charge in [-0.1, -0.05) is 13.3 Å². The Morgan fingerprint density at radius 1 is 1.53 bits per heavy atom. The number of aliphatic carboxylic acids is 1. The molecule has 86 valence electrons. The summed E-state index contributed by atoms with van der Waals surface area (Å²) in [7, 11) is 0. The van der Waals surface area contributed by atoms with Crippen LogP contribution in [0.15, 0.2) is 0 Å². The number of nitrogens with zero attached hydrogens (tertiary/aromatic N) is 1. The van der Waals surface area contributed by atoms with Gasteiger partial charge in [0.1, 0.15) is 0 Å². The van der Waals surface area contributed by atoms with Gasteiger partial charge in [0.15, 0.2) is 0 Å². The van der Waals surface area contributed by atoms with Crippen molar-refractivity contribution in [1.82, 2.24) is 4.90 Å². The van der Waals surface area contributed by atoms with Crippen LogP contribution in [0, 0.1) is 0 Å². The lowest BCUT2D eigenvalue weighted by Gasteiger charge is -2.33. The van der Waals surface area contributed by atoms with Crippen molar-refractivity contribution in [2.24, 2.45) is 0 Å². The van der Waals surface area contributed by atoms with Crippen molar-refractivity contribution in [1.29, 1.82) is 0 Å². The highest BCUT2D eigenvalue weighted by Gasteiger charge is 2.26. The molecule has 1 fully saturated rings. The molecular formula is C11H19NO3. The van der Waals surface area contributed by atoms with E-state index < -0.39 is 5.97 Å². The van der Waals surface area contributed by atoms with E-state index in [9.17, 15) is 9.59 Å². The second kappa shape index (κ2) is 5.73. The Labute approximate surface area is 90.3 Å². The van der Waals surface area contributed by atoms with Crippen LogP contribution in [-0.4, -0.2) is 34.5 Å². The van der Waals surface area contributed by atoms with Gasteiger partial charge in [-0.25, -0.2) is 0 Å². The Balaban J connectivity index is 2.59. The van der Waals surface area contributed by atoms with Gasteiger partial charge >= 0.3 is 5.97 Å². The van der Waals surface area contributed by atoms with Gasteiger partial charge in [0.25, 0.3) is 0 Å². The number of carboxylic acids is 1. The van der Waals surface area contributed by atoms with Crippen molar-refractivity contribution >= 4 is 11.9 Å². The fraction of sp³-hybridized carbons (Fsp3) is 0.818. The maximum absolute atomic E-state index is 11.6. The summed E-state index contributed by atoms with van der Waals surface area (Å²) in [5.41, 5.74) is 0. The van der Waals surface area contributed by atoms with Gasteiger partial charge in [-0.2, -0.15) is 0 Å². The largest absolute Gasteiger partial charge is 0.481 e. The molecular weight excluding hydrogens is 194 g/mol. The molecule has 1 unspecified atom stereocenters. The predicted octanol–water partition coefficient (Wildman–Crippen LogP) is 1.64. The molecule has 0 saturated carbocycles. The number of carboxylic acid groups (broad SMARTS) is 1. The van der Waals surface area contributed by atoms with E-state index in [2.05, 4.69) is 0 Å². The summed E-state index contributed by atoms with van der Waals surface area (Å²) in [6, 6.07) is -0.0969. The topological polar surface area (TPSA) is 57.6 Å². The Hall–Kier alpha value is -1.06. The van der Waals surface area contributed by atoms with Crippen LogP contribution in [-0.2, 0) is 9.59 Å². The molecule has 1 aliphatic rings. The number of amides is 1. The summed E-state index contributed by atoms with van der Waals surface area (Å²) in [5.74, 6) is -0.687. The van der Waals surface area contributed by atoms with Crippen molar-refractivity contribution < 1.29 is 14.7 Å². The molecule has 1 N–H and O–H groups in total. The van der Waals surface area contributed by atoms with E-state index in [0.717, 1.165) is 32.2 Å². The Bertz CT molecular complexity index is 240. The van der Waals surface area contributed by atoms with Crippen LogP contribution in [0.1, 0.15) is 45.4 Å². The van der Waals surface area contributed by atoms with Crippen molar-refractivity contribution in [3.8, 4) is 0 Å². The maximum atomic E-state index is 11.6. The van der Waals surface area contributed by atoms with E-state index in [1.54, 1.807) is 4.90 Å². The SMILES string of the molecule is CCCC(CC(=O)O)N1CCCCC1=O. The van der Waals surface area contributed by atoms with Gasteiger partial charge in [-0.05, 0) is 19.3 Å². The smallest absolute Gasteiger partial charge is 0.305 e. The Morgan fingerprint density at radius 3 is 2.80 bits per heavy atom. The lowest BCUT2D eigenvalue weighted by molar-refractivity contribution is -0.142. The first-order chi connectivity index (χ1) is 7.15. The molecule has 0 aromatic heterocycles. The minimum Gasteiger partial charge on any atom is -0.481 e. The van der Waals surface area contributed by atoms with E-state index in [1.165, 1.54) is 0 Å². The number of piperidine rings is 1. The molecule has 1 heterocycles. The molecule has 4 heteroatoms. The predicted molar refractivity (Wildman–Crippen MR) is 56.5 cm³/mol. The van der Waals surface area contributed by atoms with Crippen molar-refractivity contribution in [3.63, 3.8) is 0 Å². The van der Waals surface area contributed by atoms with E-state index in [1.807, 2.05) is 6.92 Å². The van der Waals surface area contributed by atoms with E-state index >= 15 is 0 Å². The normalized spacial score (nSPS) is 19.0. The molecule has 15 heavy (non-hydrogen) atoms. The number of hydrogen-bond acceptors (Lipinski definition) is 2. The van der Waals surface area contributed by atoms with Gasteiger partial charge < -0.3 is 10.0 Å². The molecule has 0 radical (unpaired) electrons. The second-order valence-electron chi connectivity index (χ2n) is 4.08. The van der Waals surface area contributed by atoms with E-state index in [0.29, 0.717) is 6.42 Å². The summed E-state index contributed by atoms with van der Waals surface area (Å²) in [6.45, 7) is 2.75. The van der Waals surface area contributed by atoms with Gasteiger partial charge in [0, 0.05) is 19.0 Å². The minimum atomic E-state index is -0.813. The summed E-state index contributed by atoms with van der Waals surface area (Å²) < 4.78 is 0. The van der Waals surface area contributed by atoms with Crippen LogP contribution < -0.4 is 0 Å². The highest BCUT2D eigenvalue weighted by atomic mass is 16.4. The summed E-state index contributed by atoms with van der Waals surface area (Å²) in [6.07, 6.45) is 4.33. The monoisotopic (exact) mass is 213 g/mol. The molecule has 0 aliphatic carbocycles. The van der Waals surface area contributed by atoms with E-state index in [-0.39, 0.29) is 18.4 Å². The lowest BCUT2D eigenvalue weighted by atomic mass is 10.0. The lowest BCUT2D eigenvalue weighted by Crippen LogP contribution is -2.44. The molecule has 1 amide bonds. The third-order valence-corrected chi connectivity index (χ3v) is 2.83. The first kappa shape index (κ1) is 12.0. The van der Waals surface area contributed by atoms with Gasteiger partial charge in [0.2, 0.25) is 5.91 Å². The number of carbonyl (C=O) groups excluding carboxylic acids is 1. The molecule has 1 atom stereocenters. The van der Waals surface area contributed by atoms with Gasteiger partial charge in [-0.3, -0.25) is 9.59 Å². The third-order valence-electron chi connectivity index (χ3n) is 2.83. The highest BCUT2D eigenvalue weighted by molar-refractivity contribution is 5.78. The molecule has 0 aromatic rings. The summed E-state index contributed by atoms with van der Waals surface area (Å²) in [5, 5.41) is 8.79. The standard InChI is InChI=1S/C11H19NO3/c1-2-5-9(8-11(14)15)12-7-4-3-6-10(12)13/h9H,2-8H2,1H3,(H,14,15). The molecule has 1 saturated heterocycles. The summed E-state index contributed by atoms with van der Waals surface area (Å²) in [4.78, 5) is 24.1. The second-order valence-corrected chi connectivity index (χ2v) is 4.08. The van der Waals surface area contributed by atoms with Crippen molar-refractivity contribution in [3.05, 3.63) is 0 Å². The molecule has 4 nitrogen and oxygen atoms in total. The van der Waals surface area contributed by atoms with Crippen LogP contribution in [0.3, 0.4) is 0 Å². The van der Waals surface area contributed by atoms with Crippen molar-refractivity contribution in [2.45, 2.75) is 51.5 Å². The van der Waals surface area contributed by atoms with Crippen LogP contribution in [0.2, 0.25) is 0 Å². The molecule has 0 bridgehead atoms. The number of carbonyl (C=O) groups is 2. The van der Waals surface area contributed by atoms with Crippen LogP contribution in [0.4, 0.5) is 0 Å². The average Bonchev–Trinajstić information content (AvgIpc) is 2.17. The van der Waals surface area contributed by atoms with Crippen molar-refractivity contribution in [2.75, 3.05) is 6.54 Å². The molecule has 1 rings (SSSR count). The third kappa shape index (κ3) is 3.53. The maximum Gasteiger partial charge on any atom is 0.305 e. The zero-order valence-corrected chi connectivity index (χ0v) is 9.24. The fourth-order valence-corrected chi connectivity index (χ4v) is 2.12. The zero-order chi connectivity index (χ0) is 11.3. The van der Waals surface area contributed by atoms with Gasteiger partial charge in [0.05, 0.1) is 6.42 Å². The summed E-state index contributed by atoms with van der Waals surface area (Å²) >= 11 is 0. The fourth-order valence-electron chi connectivity index (χ4n) is 2.12. The number of hydrogen-bond donors (Lipinski definition) is 1. The van der Waals surface area contributed by atoms with E-state index in [4.69, 9.17) is 5.11 Å². The Morgan fingerprint density at radius 2 is 2.27 bits per heavy atom. The Kier molecular flexibility index (Phi) is 4.59.